The Bertz CT molecular complexity index is 939. The molecule has 0 amide bonds. The zero-order chi connectivity index (χ0) is 19.5. The van der Waals surface area contributed by atoms with E-state index in [2.05, 4.69) is 69.3 Å². The van der Waals surface area contributed by atoms with Gasteiger partial charge in [-0.1, -0.05) is 23.8 Å². The zero-order valence-electron chi connectivity index (χ0n) is 16.1. The molecule has 6 heteroatoms. The Morgan fingerprint density at radius 1 is 1.11 bits per heavy atom. The van der Waals surface area contributed by atoms with Crippen LogP contribution >= 0.6 is 12.2 Å². The molecule has 0 radical (unpaired) electrons. The van der Waals surface area contributed by atoms with E-state index in [0.717, 1.165) is 17.9 Å². The van der Waals surface area contributed by atoms with E-state index in [1.54, 1.807) is 7.11 Å². The minimum absolute atomic E-state index is 0.00281. The number of hydrogen-bond donors (Lipinski definition) is 1. The van der Waals surface area contributed by atoms with Crippen LogP contribution in [0.3, 0.4) is 0 Å². The average molecular weight is 393 g/mol. The summed E-state index contributed by atoms with van der Waals surface area (Å²) in [7, 11) is 1.73. The van der Waals surface area contributed by atoms with Gasteiger partial charge in [0, 0.05) is 37.4 Å². The number of aryl methyl sites for hydroxylation is 1. The van der Waals surface area contributed by atoms with Crippen LogP contribution in [0.2, 0.25) is 0 Å². The molecular formula is C22H24N4OS. The summed E-state index contributed by atoms with van der Waals surface area (Å²) in [6.07, 6.45) is 3.92. The van der Waals surface area contributed by atoms with Gasteiger partial charge in [0.25, 0.3) is 0 Å². The van der Waals surface area contributed by atoms with Crippen LogP contribution in [0.25, 0.3) is 0 Å². The Labute approximate surface area is 171 Å². The van der Waals surface area contributed by atoms with Gasteiger partial charge in [-0.3, -0.25) is 4.98 Å². The number of thiocarbonyl (C=S) groups is 1. The fraction of sp³-hybridized carbons (Fsp3) is 0.273. The molecule has 0 aliphatic carbocycles. The summed E-state index contributed by atoms with van der Waals surface area (Å²) in [5, 5.41) is 4.22. The summed E-state index contributed by atoms with van der Waals surface area (Å²) in [6.45, 7) is 3.54. The van der Waals surface area contributed by atoms with Gasteiger partial charge in [0.05, 0.1) is 18.3 Å². The number of nitrogens with zero attached hydrogens (tertiary/aromatic N) is 3. The van der Waals surface area contributed by atoms with Crippen LogP contribution in [-0.4, -0.2) is 28.4 Å². The first-order valence-electron chi connectivity index (χ1n) is 9.40. The second kappa shape index (κ2) is 8.12. The average Bonchev–Trinajstić information content (AvgIpc) is 3.31. The summed E-state index contributed by atoms with van der Waals surface area (Å²) < 4.78 is 7.54. The predicted octanol–water partition coefficient (Wildman–Crippen LogP) is 4.02. The molecule has 2 unspecified atom stereocenters. The first kappa shape index (κ1) is 18.7. The van der Waals surface area contributed by atoms with Gasteiger partial charge < -0.3 is 19.5 Å². The number of aromatic nitrogens is 2. The standard InChI is InChI=1S/C22H24N4OS/c1-16-8-10-17(11-9-16)26-21(19-7-5-13-25(19)14-15-27-2)20(24-22(26)28)18-6-3-4-12-23-18/h3-13,20-21H,14-15H2,1-2H3,(H,24,28). The topological polar surface area (TPSA) is 42.3 Å². The van der Waals surface area contributed by atoms with E-state index in [-0.39, 0.29) is 12.1 Å². The van der Waals surface area contributed by atoms with E-state index in [1.807, 2.05) is 24.4 Å². The highest BCUT2D eigenvalue weighted by molar-refractivity contribution is 7.80. The van der Waals surface area contributed by atoms with Crippen LogP contribution in [0, 0.1) is 6.92 Å². The van der Waals surface area contributed by atoms with E-state index < -0.39 is 0 Å². The van der Waals surface area contributed by atoms with Gasteiger partial charge in [0.2, 0.25) is 0 Å². The molecule has 1 saturated heterocycles. The van der Waals surface area contributed by atoms with Crippen LogP contribution in [0.4, 0.5) is 5.69 Å². The van der Waals surface area contributed by atoms with Crippen LogP contribution in [0.1, 0.15) is 29.0 Å². The SMILES string of the molecule is COCCn1cccc1C1C(c2ccccn2)NC(=S)N1c1ccc(C)cc1. The summed E-state index contributed by atoms with van der Waals surface area (Å²) >= 11 is 5.77. The van der Waals surface area contributed by atoms with Gasteiger partial charge in [-0.25, -0.2) is 0 Å². The third-order valence-electron chi connectivity index (χ3n) is 5.11. The quantitative estimate of drug-likeness (QED) is 0.642. The Morgan fingerprint density at radius 3 is 2.64 bits per heavy atom. The highest BCUT2D eigenvalue weighted by Gasteiger charge is 2.41. The molecule has 0 spiro atoms. The lowest BCUT2D eigenvalue weighted by Gasteiger charge is -2.29. The van der Waals surface area contributed by atoms with Crippen molar-refractivity contribution in [3.05, 3.63) is 83.9 Å². The van der Waals surface area contributed by atoms with E-state index in [0.29, 0.717) is 11.7 Å². The first-order chi connectivity index (χ1) is 13.7. The number of rotatable bonds is 6. The molecule has 1 aliphatic rings. The molecule has 5 nitrogen and oxygen atoms in total. The number of pyridine rings is 1. The number of hydrogen-bond acceptors (Lipinski definition) is 3. The lowest BCUT2D eigenvalue weighted by atomic mass is 10.0. The molecule has 3 heterocycles. The van der Waals surface area contributed by atoms with E-state index >= 15 is 0 Å². The third-order valence-corrected chi connectivity index (χ3v) is 5.43. The highest BCUT2D eigenvalue weighted by atomic mass is 32.1. The van der Waals surface area contributed by atoms with Crippen LogP contribution < -0.4 is 10.2 Å². The normalized spacial score (nSPS) is 19.1. The van der Waals surface area contributed by atoms with Crippen molar-refractivity contribution >= 4 is 23.0 Å². The number of ether oxygens (including phenoxy) is 1. The van der Waals surface area contributed by atoms with Gasteiger partial charge in [-0.15, -0.1) is 0 Å². The molecule has 2 aromatic heterocycles. The van der Waals surface area contributed by atoms with Gasteiger partial charge >= 0.3 is 0 Å². The molecule has 1 aliphatic heterocycles. The van der Waals surface area contributed by atoms with Crippen LogP contribution in [0.5, 0.6) is 0 Å². The Morgan fingerprint density at radius 2 is 1.93 bits per heavy atom. The maximum Gasteiger partial charge on any atom is 0.174 e. The summed E-state index contributed by atoms with van der Waals surface area (Å²) in [4.78, 5) is 6.81. The van der Waals surface area contributed by atoms with E-state index in [4.69, 9.17) is 17.0 Å². The molecular weight excluding hydrogens is 368 g/mol. The maximum absolute atomic E-state index is 5.77. The van der Waals surface area contributed by atoms with Crippen LogP contribution in [0.15, 0.2) is 67.0 Å². The van der Waals surface area contributed by atoms with Crippen molar-refractivity contribution < 1.29 is 4.74 Å². The fourth-order valence-electron chi connectivity index (χ4n) is 3.73. The number of methoxy groups -OCH3 is 1. The number of anilines is 1. The van der Waals surface area contributed by atoms with E-state index in [9.17, 15) is 0 Å². The molecule has 4 rings (SSSR count). The smallest absolute Gasteiger partial charge is 0.174 e. The molecule has 0 saturated carbocycles. The molecule has 0 bridgehead atoms. The zero-order valence-corrected chi connectivity index (χ0v) is 16.9. The Hall–Kier alpha value is -2.70. The minimum atomic E-state index is -0.0359. The van der Waals surface area contributed by atoms with Crippen molar-refractivity contribution in [2.45, 2.75) is 25.6 Å². The lowest BCUT2D eigenvalue weighted by Crippen LogP contribution is -2.30. The van der Waals surface area contributed by atoms with Crippen molar-refractivity contribution in [3.63, 3.8) is 0 Å². The molecule has 1 fully saturated rings. The third kappa shape index (κ3) is 3.53. The monoisotopic (exact) mass is 392 g/mol. The van der Waals surface area contributed by atoms with Gasteiger partial charge in [-0.05, 0) is 55.5 Å². The summed E-state index contributed by atoms with van der Waals surface area (Å²) in [5.74, 6) is 0. The molecule has 28 heavy (non-hydrogen) atoms. The first-order valence-corrected chi connectivity index (χ1v) is 9.81. The van der Waals surface area contributed by atoms with Gasteiger partial charge in [-0.2, -0.15) is 0 Å². The van der Waals surface area contributed by atoms with Crippen molar-refractivity contribution in [2.24, 2.45) is 0 Å². The lowest BCUT2D eigenvalue weighted by molar-refractivity contribution is 0.186. The molecule has 144 valence electrons. The predicted molar refractivity (Wildman–Crippen MR) is 115 cm³/mol. The van der Waals surface area contributed by atoms with Gasteiger partial charge in [0.1, 0.15) is 6.04 Å². The van der Waals surface area contributed by atoms with E-state index in [1.165, 1.54) is 11.3 Å². The Kier molecular flexibility index (Phi) is 5.41. The highest BCUT2D eigenvalue weighted by Crippen LogP contribution is 2.41. The molecule has 3 aromatic rings. The summed E-state index contributed by atoms with van der Waals surface area (Å²) in [6, 6.07) is 18.7. The minimum Gasteiger partial charge on any atom is -0.383 e. The molecule has 1 aromatic carbocycles. The second-order valence-corrected chi connectivity index (χ2v) is 7.34. The Balaban J connectivity index is 1.80. The van der Waals surface area contributed by atoms with Crippen LogP contribution in [-0.2, 0) is 11.3 Å². The molecule has 1 N–H and O–H groups in total. The summed E-state index contributed by atoms with van der Waals surface area (Å²) in [5.41, 5.74) is 4.46. The van der Waals surface area contributed by atoms with Crippen molar-refractivity contribution in [1.82, 2.24) is 14.9 Å². The maximum atomic E-state index is 5.77. The van der Waals surface area contributed by atoms with Crippen molar-refractivity contribution in [2.75, 3.05) is 18.6 Å². The largest absolute Gasteiger partial charge is 0.383 e. The number of nitrogens with one attached hydrogen (secondary N) is 1. The fourth-order valence-corrected chi connectivity index (χ4v) is 4.07. The van der Waals surface area contributed by atoms with Crippen molar-refractivity contribution in [3.8, 4) is 0 Å². The van der Waals surface area contributed by atoms with Crippen molar-refractivity contribution in [1.29, 1.82) is 0 Å². The van der Waals surface area contributed by atoms with Gasteiger partial charge in [0.15, 0.2) is 5.11 Å². The second-order valence-electron chi connectivity index (χ2n) is 6.95. The number of benzene rings is 1. The molecule has 2 atom stereocenters.